The molecule has 1 atom stereocenters. The molecule has 2 amide bonds. The minimum absolute atomic E-state index is 0.0787. The lowest BCUT2D eigenvalue weighted by Gasteiger charge is -2.44. The van der Waals surface area contributed by atoms with Crippen LogP contribution in [0.3, 0.4) is 0 Å². The van der Waals surface area contributed by atoms with Gasteiger partial charge in [0.2, 0.25) is 0 Å². The van der Waals surface area contributed by atoms with E-state index in [1.54, 1.807) is 61.6 Å². The van der Waals surface area contributed by atoms with Crippen LogP contribution in [0.4, 0.5) is 14.0 Å². The summed E-state index contributed by atoms with van der Waals surface area (Å²) in [4.78, 5) is 37.8. The first kappa shape index (κ1) is 28.7. The van der Waals surface area contributed by atoms with Gasteiger partial charge in [0.1, 0.15) is 17.0 Å². The third kappa shape index (κ3) is 5.13. The highest BCUT2D eigenvalue weighted by atomic mass is 79.9. The standard InChI is InChI=1S/C28H37BrFN3O5/c1-16-22(33(23(34)37-25(2,3)4)24(35)38-26(5,6)7)32-28(31-16)19-14-20(29)21(30)13-17(19)15-27(28)11-9-18(36-8)10-12-27/h13-14,18H,9-12,15H2,1-8H3/t18-,27-,28-/m1/s1. The Morgan fingerprint density at radius 2 is 1.58 bits per heavy atom. The molecule has 38 heavy (non-hydrogen) atoms. The summed E-state index contributed by atoms with van der Waals surface area (Å²) < 4.78 is 31.8. The number of benzene rings is 1. The number of fused-ring (bicyclic) bond motifs is 3. The summed E-state index contributed by atoms with van der Waals surface area (Å²) in [5.41, 5.74) is -1.31. The van der Waals surface area contributed by atoms with Crippen LogP contribution in [0.2, 0.25) is 0 Å². The second-order valence-electron chi connectivity index (χ2n) is 12.4. The van der Waals surface area contributed by atoms with E-state index < -0.39 is 34.5 Å². The highest BCUT2D eigenvalue weighted by Crippen LogP contribution is 2.62. The van der Waals surface area contributed by atoms with Crippen molar-refractivity contribution in [2.24, 2.45) is 15.4 Å². The maximum Gasteiger partial charge on any atom is 0.425 e. The fraction of sp³-hybridized carbons (Fsp3) is 0.643. The number of methoxy groups -OCH3 is 1. The Bertz CT molecular complexity index is 1180. The van der Waals surface area contributed by atoms with Crippen LogP contribution in [0.15, 0.2) is 26.6 Å². The van der Waals surface area contributed by atoms with Crippen molar-refractivity contribution in [3.8, 4) is 0 Å². The van der Waals surface area contributed by atoms with Crippen LogP contribution in [0.1, 0.15) is 85.3 Å². The second kappa shape index (κ2) is 9.70. The molecule has 10 heteroatoms. The molecular weight excluding hydrogens is 557 g/mol. The Kier molecular flexibility index (Phi) is 7.32. The van der Waals surface area contributed by atoms with Crippen LogP contribution < -0.4 is 0 Å². The lowest BCUT2D eigenvalue weighted by molar-refractivity contribution is -0.000901. The smallest absolute Gasteiger partial charge is 0.425 e. The summed E-state index contributed by atoms with van der Waals surface area (Å²) in [5.74, 6) is -0.274. The van der Waals surface area contributed by atoms with Crippen LogP contribution in [-0.4, -0.2) is 53.0 Å². The average Bonchev–Trinajstić information content (AvgIpc) is 3.22. The van der Waals surface area contributed by atoms with E-state index in [0.29, 0.717) is 16.6 Å². The molecule has 8 nitrogen and oxygen atoms in total. The third-order valence-corrected chi connectivity index (χ3v) is 7.91. The van der Waals surface area contributed by atoms with Gasteiger partial charge in [-0.15, -0.1) is 0 Å². The number of amidine groups is 1. The molecule has 0 bridgehead atoms. The van der Waals surface area contributed by atoms with Crippen LogP contribution >= 0.6 is 15.9 Å². The van der Waals surface area contributed by atoms with E-state index in [4.69, 9.17) is 24.2 Å². The van der Waals surface area contributed by atoms with Crippen molar-refractivity contribution >= 4 is 39.7 Å². The number of imide groups is 1. The number of nitrogens with zero attached hydrogens (tertiary/aromatic N) is 3. The Hall–Kier alpha value is -2.33. The third-order valence-electron chi connectivity index (χ3n) is 7.30. The van der Waals surface area contributed by atoms with Crippen molar-refractivity contribution in [3.63, 3.8) is 0 Å². The number of ether oxygens (including phenoxy) is 3. The fourth-order valence-corrected chi connectivity index (χ4v) is 6.06. The molecule has 1 heterocycles. The van der Waals surface area contributed by atoms with E-state index >= 15 is 0 Å². The zero-order chi connectivity index (χ0) is 28.3. The van der Waals surface area contributed by atoms with Crippen LogP contribution in [-0.2, 0) is 26.3 Å². The van der Waals surface area contributed by atoms with Crippen LogP contribution in [0.25, 0.3) is 0 Å². The van der Waals surface area contributed by atoms with E-state index in [2.05, 4.69) is 15.9 Å². The van der Waals surface area contributed by atoms with Gasteiger partial charge in [-0.2, -0.15) is 4.90 Å². The molecule has 1 saturated carbocycles. The van der Waals surface area contributed by atoms with Crippen molar-refractivity contribution in [2.45, 2.75) is 104 Å². The summed E-state index contributed by atoms with van der Waals surface area (Å²) in [6.45, 7) is 12.1. The highest BCUT2D eigenvalue weighted by Gasteiger charge is 2.62. The van der Waals surface area contributed by atoms with Crippen molar-refractivity contribution in [3.05, 3.63) is 33.5 Å². The van der Waals surface area contributed by atoms with Crippen molar-refractivity contribution in [1.82, 2.24) is 4.90 Å². The van der Waals surface area contributed by atoms with E-state index in [0.717, 1.165) is 41.7 Å². The highest BCUT2D eigenvalue weighted by molar-refractivity contribution is 9.10. The monoisotopic (exact) mass is 593 g/mol. The van der Waals surface area contributed by atoms with Gasteiger partial charge < -0.3 is 14.2 Å². The molecule has 3 aliphatic rings. The number of hydrogen-bond acceptors (Lipinski definition) is 7. The zero-order valence-corrected chi connectivity index (χ0v) is 25.0. The number of hydrogen-bond donors (Lipinski definition) is 0. The Morgan fingerprint density at radius 1 is 1.03 bits per heavy atom. The molecule has 208 valence electrons. The van der Waals surface area contributed by atoms with Crippen LogP contribution in [0.5, 0.6) is 0 Å². The first-order valence-electron chi connectivity index (χ1n) is 12.9. The van der Waals surface area contributed by atoms with Gasteiger partial charge in [0.15, 0.2) is 11.5 Å². The predicted molar refractivity (Wildman–Crippen MR) is 146 cm³/mol. The minimum Gasteiger partial charge on any atom is -0.443 e. The van der Waals surface area contributed by atoms with Gasteiger partial charge in [0, 0.05) is 18.1 Å². The number of carbonyl (C=O) groups excluding carboxylic acids is 2. The van der Waals surface area contributed by atoms with Gasteiger partial charge in [0.05, 0.1) is 16.3 Å². The maximum absolute atomic E-state index is 14.7. The number of amides is 2. The topological polar surface area (TPSA) is 89.8 Å². The molecule has 2 spiro atoms. The fourth-order valence-electron chi connectivity index (χ4n) is 5.72. The Labute approximate surface area is 232 Å². The largest absolute Gasteiger partial charge is 0.443 e. The first-order chi connectivity index (χ1) is 17.5. The van der Waals surface area contributed by atoms with Crippen molar-refractivity contribution < 1.29 is 28.2 Å². The predicted octanol–water partition coefficient (Wildman–Crippen LogP) is 6.92. The normalized spacial score (nSPS) is 26.7. The van der Waals surface area contributed by atoms with E-state index in [1.807, 2.05) is 0 Å². The number of rotatable bonds is 1. The molecule has 2 aliphatic carbocycles. The molecule has 0 aromatic heterocycles. The zero-order valence-electron chi connectivity index (χ0n) is 23.4. The van der Waals surface area contributed by atoms with Crippen LogP contribution in [0, 0.1) is 11.2 Å². The molecular formula is C28H37BrFN3O5. The van der Waals surface area contributed by atoms with E-state index in [-0.39, 0.29) is 17.8 Å². The lowest BCUT2D eigenvalue weighted by Crippen LogP contribution is -2.49. The van der Waals surface area contributed by atoms with Gasteiger partial charge >= 0.3 is 12.2 Å². The lowest BCUT2D eigenvalue weighted by atomic mass is 9.65. The second-order valence-corrected chi connectivity index (χ2v) is 13.3. The molecule has 0 unspecified atom stereocenters. The summed E-state index contributed by atoms with van der Waals surface area (Å²) in [7, 11) is 1.71. The van der Waals surface area contributed by atoms with Gasteiger partial charge in [-0.25, -0.2) is 19.0 Å². The van der Waals surface area contributed by atoms with Gasteiger partial charge in [-0.1, -0.05) is 0 Å². The van der Waals surface area contributed by atoms with E-state index in [9.17, 15) is 14.0 Å². The quantitative estimate of drug-likeness (QED) is 0.352. The minimum atomic E-state index is -1.13. The SMILES string of the molecule is CO[C@H]1CC[C@]2(CC1)Cc1cc(F)c(Br)cc1[C@]21N=C(C)C(N(C(=O)OC(C)(C)C)C(=O)OC(C)(C)C)=N1. The Balaban J connectivity index is 1.88. The van der Waals surface area contributed by atoms with Gasteiger partial charge in [-0.05, 0) is 114 Å². The molecule has 1 aliphatic heterocycles. The van der Waals surface area contributed by atoms with Crippen molar-refractivity contribution in [1.29, 1.82) is 0 Å². The van der Waals surface area contributed by atoms with E-state index in [1.165, 1.54) is 6.07 Å². The molecule has 1 fully saturated rings. The summed E-state index contributed by atoms with van der Waals surface area (Å²) >= 11 is 3.33. The molecule has 4 rings (SSSR count). The number of carbonyl (C=O) groups is 2. The summed E-state index contributed by atoms with van der Waals surface area (Å²) in [5, 5.41) is 0. The van der Waals surface area contributed by atoms with Gasteiger partial charge in [0.25, 0.3) is 0 Å². The molecule has 1 aromatic rings. The summed E-state index contributed by atoms with van der Waals surface area (Å²) in [6, 6.07) is 3.27. The molecule has 0 N–H and O–H groups in total. The molecule has 0 saturated heterocycles. The maximum atomic E-state index is 14.7. The summed E-state index contributed by atoms with van der Waals surface area (Å²) in [6.07, 6.45) is 2.00. The van der Waals surface area contributed by atoms with Gasteiger partial charge in [-0.3, -0.25) is 4.99 Å². The number of halogens is 2. The first-order valence-corrected chi connectivity index (χ1v) is 13.7. The molecule has 0 radical (unpaired) electrons. The average molecular weight is 595 g/mol. The number of aliphatic imine (C=N–C) groups is 2. The Morgan fingerprint density at radius 3 is 2.08 bits per heavy atom. The van der Waals surface area contributed by atoms with Crippen molar-refractivity contribution in [2.75, 3.05) is 7.11 Å². The molecule has 1 aromatic carbocycles.